The van der Waals surface area contributed by atoms with Gasteiger partial charge in [-0.3, -0.25) is 4.79 Å². The van der Waals surface area contributed by atoms with Crippen LogP contribution in [0.1, 0.15) is 15.9 Å². The van der Waals surface area contributed by atoms with Crippen molar-refractivity contribution in [2.24, 2.45) is 0 Å². The van der Waals surface area contributed by atoms with E-state index in [-0.39, 0.29) is 5.78 Å². The third-order valence-electron chi connectivity index (χ3n) is 2.72. The first-order valence-corrected chi connectivity index (χ1v) is 6.89. The van der Waals surface area contributed by atoms with Gasteiger partial charge in [0.25, 0.3) is 0 Å². The zero-order chi connectivity index (χ0) is 12.7. The minimum absolute atomic E-state index is 0.0354. The molecule has 2 nitrogen and oxygen atoms in total. The monoisotopic (exact) mass is 295 g/mol. The molecular formula is C13H7Cl2NOS. The van der Waals surface area contributed by atoms with Crippen molar-refractivity contribution >= 4 is 51.2 Å². The van der Waals surface area contributed by atoms with E-state index < -0.39 is 0 Å². The molecule has 1 N–H and O–H groups in total. The predicted octanol–water partition coefficient (Wildman–Crippen LogP) is 4.77. The number of halogens is 2. The van der Waals surface area contributed by atoms with Crippen molar-refractivity contribution in [3.8, 4) is 0 Å². The molecule has 0 atom stereocenters. The number of aromatic amines is 1. The van der Waals surface area contributed by atoms with E-state index in [4.69, 9.17) is 23.2 Å². The molecule has 0 saturated carbocycles. The number of fused-ring (bicyclic) bond motifs is 1. The standard InChI is InChI=1S/C13H7Cl2NOS/c14-8-3-10(15)12-9(5-16-11(12)4-8)13(17)7-1-2-18-6-7/h1-6,16H. The predicted molar refractivity (Wildman–Crippen MR) is 76.1 cm³/mol. The molecule has 0 unspecified atom stereocenters. The molecule has 5 heteroatoms. The third kappa shape index (κ3) is 1.85. The molecule has 0 spiro atoms. The summed E-state index contributed by atoms with van der Waals surface area (Å²) in [6.45, 7) is 0. The summed E-state index contributed by atoms with van der Waals surface area (Å²) in [6, 6.07) is 5.20. The van der Waals surface area contributed by atoms with Crippen LogP contribution in [0.3, 0.4) is 0 Å². The van der Waals surface area contributed by atoms with E-state index in [9.17, 15) is 4.79 Å². The highest BCUT2D eigenvalue weighted by atomic mass is 35.5. The first-order valence-electron chi connectivity index (χ1n) is 5.20. The molecule has 0 saturated heterocycles. The summed E-state index contributed by atoms with van der Waals surface area (Å²) in [5, 5.41) is 5.45. The van der Waals surface area contributed by atoms with Gasteiger partial charge in [0.05, 0.1) is 5.02 Å². The number of H-pyrrole nitrogens is 1. The summed E-state index contributed by atoms with van der Waals surface area (Å²) in [5.74, 6) is -0.0354. The topological polar surface area (TPSA) is 32.9 Å². The van der Waals surface area contributed by atoms with E-state index >= 15 is 0 Å². The van der Waals surface area contributed by atoms with Crippen LogP contribution in [-0.4, -0.2) is 10.8 Å². The van der Waals surface area contributed by atoms with E-state index in [1.807, 2.05) is 10.8 Å². The molecule has 0 aliphatic carbocycles. The van der Waals surface area contributed by atoms with Crippen molar-refractivity contribution in [2.45, 2.75) is 0 Å². The van der Waals surface area contributed by atoms with Crippen LogP contribution in [0.15, 0.2) is 35.2 Å². The number of nitrogens with one attached hydrogen (secondary N) is 1. The molecule has 0 aliphatic heterocycles. The fourth-order valence-electron chi connectivity index (χ4n) is 1.91. The number of carbonyl (C=O) groups is 1. The number of thiophene rings is 1. The first kappa shape index (κ1) is 11.8. The zero-order valence-corrected chi connectivity index (χ0v) is 11.4. The third-order valence-corrected chi connectivity index (χ3v) is 3.92. The summed E-state index contributed by atoms with van der Waals surface area (Å²) in [6.07, 6.45) is 1.67. The maximum absolute atomic E-state index is 12.3. The van der Waals surface area contributed by atoms with Gasteiger partial charge in [-0.2, -0.15) is 11.3 Å². The number of carbonyl (C=O) groups excluding carboxylic acids is 1. The van der Waals surface area contributed by atoms with Gasteiger partial charge in [-0.25, -0.2) is 0 Å². The molecule has 0 amide bonds. The lowest BCUT2D eigenvalue weighted by atomic mass is 10.1. The van der Waals surface area contributed by atoms with Crippen molar-refractivity contribution < 1.29 is 4.79 Å². The van der Waals surface area contributed by atoms with Gasteiger partial charge >= 0.3 is 0 Å². The zero-order valence-electron chi connectivity index (χ0n) is 9.04. The molecule has 18 heavy (non-hydrogen) atoms. The second kappa shape index (κ2) is 4.43. The smallest absolute Gasteiger partial charge is 0.196 e. The summed E-state index contributed by atoms with van der Waals surface area (Å²) in [4.78, 5) is 15.3. The lowest BCUT2D eigenvalue weighted by molar-refractivity contribution is 0.104. The molecule has 0 radical (unpaired) electrons. The van der Waals surface area contributed by atoms with Crippen LogP contribution >= 0.6 is 34.5 Å². The Kier molecular flexibility index (Phi) is 2.90. The molecular weight excluding hydrogens is 289 g/mol. The van der Waals surface area contributed by atoms with E-state index in [1.165, 1.54) is 11.3 Å². The van der Waals surface area contributed by atoms with Gasteiger partial charge in [0.15, 0.2) is 5.78 Å². The average Bonchev–Trinajstić information content (AvgIpc) is 2.96. The minimum atomic E-state index is -0.0354. The van der Waals surface area contributed by atoms with Crippen LogP contribution in [0.5, 0.6) is 0 Å². The summed E-state index contributed by atoms with van der Waals surface area (Å²) >= 11 is 13.6. The number of hydrogen-bond acceptors (Lipinski definition) is 2. The normalized spacial score (nSPS) is 11.0. The van der Waals surface area contributed by atoms with E-state index in [0.29, 0.717) is 21.2 Å². The van der Waals surface area contributed by atoms with Gasteiger partial charge < -0.3 is 4.98 Å². The Labute approximate surface area is 117 Å². The van der Waals surface area contributed by atoms with Gasteiger partial charge in [0.1, 0.15) is 0 Å². The second-order valence-electron chi connectivity index (χ2n) is 3.85. The fraction of sp³-hybridized carbons (Fsp3) is 0. The summed E-state index contributed by atoms with van der Waals surface area (Å²) in [7, 11) is 0. The number of aromatic nitrogens is 1. The summed E-state index contributed by atoms with van der Waals surface area (Å²) in [5.41, 5.74) is 2.02. The first-order chi connectivity index (χ1) is 8.66. The molecule has 2 aromatic heterocycles. The van der Waals surface area contributed by atoms with Crippen LogP contribution in [0.2, 0.25) is 10.0 Å². The lowest BCUT2D eigenvalue weighted by Crippen LogP contribution is -1.98. The van der Waals surface area contributed by atoms with Crippen LogP contribution in [-0.2, 0) is 0 Å². The van der Waals surface area contributed by atoms with Crippen LogP contribution in [0, 0.1) is 0 Å². The Morgan fingerprint density at radius 1 is 1.28 bits per heavy atom. The Morgan fingerprint density at radius 3 is 2.83 bits per heavy atom. The fourth-order valence-corrected chi connectivity index (χ4v) is 3.14. The van der Waals surface area contributed by atoms with Gasteiger partial charge in [-0.1, -0.05) is 23.2 Å². The number of benzene rings is 1. The molecule has 2 heterocycles. The van der Waals surface area contributed by atoms with Gasteiger partial charge in [0.2, 0.25) is 0 Å². The lowest BCUT2D eigenvalue weighted by Gasteiger charge is -2.00. The maximum atomic E-state index is 12.3. The summed E-state index contributed by atoms with van der Waals surface area (Å²) < 4.78 is 0. The van der Waals surface area contributed by atoms with Crippen molar-refractivity contribution in [1.82, 2.24) is 4.98 Å². The molecule has 3 rings (SSSR count). The molecule has 0 bridgehead atoms. The highest BCUT2D eigenvalue weighted by Crippen LogP contribution is 2.31. The minimum Gasteiger partial charge on any atom is -0.360 e. The quantitative estimate of drug-likeness (QED) is 0.679. The molecule has 1 aromatic carbocycles. The van der Waals surface area contributed by atoms with E-state index in [1.54, 1.807) is 24.4 Å². The van der Waals surface area contributed by atoms with Gasteiger partial charge in [-0.05, 0) is 23.6 Å². The molecule has 90 valence electrons. The number of hydrogen-bond donors (Lipinski definition) is 1. The van der Waals surface area contributed by atoms with Crippen LogP contribution < -0.4 is 0 Å². The Bertz CT molecular complexity index is 731. The highest BCUT2D eigenvalue weighted by Gasteiger charge is 2.17. The van der Waals surface area contributed by atoms with Crippen molar-refractivity contribution in [1.29, 1.82) is 0 Å². The molecule has 3 aromatic rings. The number of rotatable bonds is 2. The van der Waals surface area contributed by atoms with Crippen LogP contribution in [0.25, 0.3) is 10.9 Å². The molecule has 0 fully saturated rings. The second-order valence-corrected chi connectivity index (χ2v) is 5.48. The Hall–Kier alpha value is -1.29. The van der Waals surface area contributed by atoms with Crippen molar-refractivity contribution in [3.63, 3.8) is 0 Å². The highest BCUT2D eigenvalue weighted by molar-refractivity contribution is 7.08. The van der Waals surface area contributed by atoms with Crippen molar-refractivity contribution in [2.75, 3.05) is 0 Å². The van der Waals surface area contributed by atoms with E-state index in [0.717, 1.165) is 10.9 Å². The molecule has 0 aliphatic rings. The SMILES string of the molecule is O=C(c1ccsc1)c1c[nH]c2cc(Cl)cc(Cl)c12. The Morgan fingerprint density at radius 2 is 2.11 bits per heavy atom. The number of ketones is 1. The average molecular weight is 296 g/mol. The van der Waals surface area contributed by atoms with E-state index in [2.05, 4.69) is 4.98 Å². The van der Waals surface area contributed by atoms with Gasteiger partial charge in [-0.15, -0.1) is 0 Å². The van der Waals surface area contributed by atoms with Crippen molar-refractivity contribution in [3.05, 3.63) is 56.3 Å². The Balaban J connectivity index is 2.22. The maximum Gasteiger partial charge on any atom is 0.196 e. The largest absolute Gasteiger partial charge is 0.360 e. The van der Waals surface area contributed by atoms with Crippen LogP contribution in [0.4, 0.5) is 0 Å². The van der Waals surface area contributed by atoms with Gasteiger partial charge in [0, 0.05) is 38.6 Å².